The molecular weight excluding hydrogens is 214 g/mol. The molecule has 0 aromatic carbocycles. The second-order valence-electron chi connectivity index (χ2n) is 2.89. The molecule has 0 aliphatic carbocycles. The number of nitrogens with zero attached hydrogens (tertiary/aromatic N) is 1. The van der Waals surface area contributed by atoms with E-state index >= 15 is 0 Å². The van der Waals surface area contributed by atoms with Crippen LogP contribution in [0.3, 0.4) is 0 Å². The van der Waals surface area contributed by atoms with Gasteiger partial charge in [0.1, 0.15) is 5.15 Å². The molecule has 5 heteroatoms. The third-order valence-corrected chi connectivity index (χ3v) is 2.09. The van der Waals surface area contributed by atoms with Gasteiger partial charge in [-0.15, -0.1) is 0 Å². The third-order valence-electron chi connectivity index (χ3n) is 1.50. The molecule has 0 spiro atoms. The van der Waals surface area contributed by atoms with Gasteiger partial charge < -0.3 is 5.73 Å². The van der Waals surface area contributed by atoms with Crippen molar-refractivity contribution in [2.45, 2.75) is 19.4 Å². The summed E-state index contributed by atoms with van der Waals surface area (Å²) in [5, 5.41) is 0.00197. The maximum Gasteiger partial charge on any atom is 0.166 e. The van der Waals surface area contributed by atoms with Gasteiger partial charge in [0.25, 0.3) is 0 Å². The lowest BCUT2D eigenvalue weighted by atomic mass is 10.1. The molecular formula is C8H9Cl2FN2. The van der Waals surface area contributed by atoms with E-state index in [0.29, 0.717) is 12.0 Å². The predicted octanol–water partition coefficient (Wildman–Crippen LogP) is 2.42. The van der Waals surface area contributed by atoms with Gasteiger partial charge >= 0.3 is 0 Å². The van der Waals surface area contributed by atoms with Crippen LogP contribution in [-0.2, 0) is 6.42 Å². The van der Waals surface area contributed by atoms with Crippen LogP contribution in [0.4, 0.5) is 4.39 Å². The smallest absolute Gasteiger partial charge is 0.166 e. The molecule has 0 amide bonds. The Hall–Kier alpha value is -0.380. The lowest BCUT2D eigenvalue weighted by Gasteiger charge is -2.07. The number of pyridine rings is 1. The van der Waals surface area contributed by atoms with Crippen LogP contribution in [0.5, 0.6) is 0 Å². The minimum Gasteiger partial charge on any atom is -0.328 e. The standard InChI is InChI=1S/C8H9Cl2FN2/c1-4(12)2-5-3-6(11)8(10)13-7(5)9/h3-4H,2,12H2,1H3/t4-/m1/s1. The molecule has 0 saturated carbocycles. The van der Waals surface area contributed by atoms with Crippen LogP contribution in [0.15, 0.2) is 6.07 Å². The van der Waals surface area contributed by atoms with Gasteiger partial charge in [0.2, 0.25) is 0 Å². The summed E-state index contributed by atoms with van der Waals surface area (Å²) in [6, 6.07) is 1.18. The maximum atomic E-state index is 12.9. The molecule has 1 atom stereocenters. The molecule has 1 heterocycles. The van der Waals surface area contributed by atoms with Gasteiger partial charge in [-0.05, 0) is 25.0 Å². The molecule has 0 saturated heterocycles. The van der Waals surface area contributed by atoms with Crippen LogP contribution in [-0.4, -0.2) is 11.0 Å². The van der Waals surface area contributed by atoms with Gasteiger partial charge in [0, 0.05) is 6.04 Å². The summed E-state index contributed by atoms with van der Waals surface area (Å²) in [4.78, 5) is 3.63. The quantitative estimate of drug-likeness (QED) is 0.782. The topological polar surface area (TPSA) is 38.9 Å². The first-order valence-corrected chi connectivity index (χ1v) is 4.52. The maximum absolute atomic E-state index is 12.9. The molecule has 0 fully saturated rings. The highest BCUT2D eigenvalue weighted by Gasteiger charge is 2.09. The minimum absolute atomic E-state index is 0.0834. The van der Waals surface area contributed by atoms with Crippen molar-refractivity contribution in [3.63, 3.8) is 0 Å². The number of hydrogen-bond acceptors (Lipinski definition) is 2. The van der Waals surface area contributed by atoms with Crippen LogP contribution in [0.25, 0.3) is 0 Å². The van der Waals surface area contributed by atoms with Gasteiger partial charge in [-0.3, -0.25) is 0 Å². The zero-order chi connectivity index (χ0) is 10.0. The third kappa shape index (κ3) is 2.79. The largest absolute Gasteiger partial charge is 0.328 e. The van der Waals surface area contributed by atoms with Crippen LogP contribution in [0.1, 0.15) is 12.5 Å². The first-order chi connectivity index (χ1) is 6.00. The van der Waals surface area contributed by atoms with E-state index in [1.807, 2.05) is 6.92 Å². The number of rotatable bonds is 2. The van der Waals surface area contributed by atoms with Gasteiger partial charge in [0.15, 0.2) is 11.0 Å². The zero-order valence-electron chi connectivity index (χ0n) is 7.02. The first kappa shape index (κ1) is 10.7. The summed E-state index contributed by atoms with van der Waals surface area (Å²) in [7, 11) is 0. The second kappa shape index (κ2) is 4.22. The highest BCUT2D eigenvalue weighted by atomic mass is 35.5. The van der Waals surface area contributed by atoms with Crippen molar-refractivity contribution >= 4 is 23.2 Å². The number of nitrogens with two attached hydrogens (primary N) is 1. The fraction of sp³-hybridized carbons (Fsp3) is 0.375. The van der Waals surface area contributed by atoms with Gasteiger partial charge in [0.05, 0.1) is 0 Å². The minimum atomic E-state index is -0.568. The van der Waals surface area contributed by atoms with Crippen molar-refractivity contribution in [1.82, 2.24) is 4.98 Å². The van der Waals surface area contributed by atoms with Gasteiger partial charge in [-0.2, -0.15) is 0 Å². The zero-order valence-corrected chi connectivity index (χ0v) is 8.53. The highest BCUT2D eigenvalue weighted by molar-refractivity contribution is 6.32. The Morgan fingerprint density at radius 3 is 2.69 bits per heavy atom. The van der Waals surface area contributed by atoms with Gasteiger partial charge in [-0.1, -0.05) is 23.2 Å². The van der Waals surface area contributed by atoms with E-state index in [1.54, 1.807) is 0 Å². The number of aromatic nitrogens is 1. The monoisotopic (exact) mass is 222 g/mol. The van der Waals surface area contributed by atoms with Crippen molar-refractivity contribution in [1.29, 1.82) is 0 Å². The molecule has 2 N–H and O–H groups in total. The lowest BCUT2D eigenvalue weighted by Crippen LogP contribution is -2.18. The molecule has 0 aliphatic rings. The molecule has 13 heavy (non-hydrogen) atoms. The van der Waals surface area contributed by atoms with Crippen molar-refractivity contribution in [2.24, 2.45) is 5.73 Å². The number of halogens is 3. The Morgan fingerprint density at radius 1 is 1.54 bits per heavy atom. The highest BCUT2D eigenvalue weighted by Crippen LogP contribution is 2.20. The van der Waals surface area contributed by atoms with Gasteiger partial charge in [-0.25, -0.2) is 9.37 Å². The normalized spacial score (nSPS) is 13.0. The van der Waals surface area contributed by atoms with Crippen LogP contribution >= 0.6 is 23.2 Å². The van der Waals surface area contributed by atoms with E-state index in [4.69, 9.17) is 28.9 Å². The molecule has 72 valence electrons. The summed E-state index contributed by atoms with van der Waals surface area (Å²) < 4.78 is 12.9. The average Bonchev–Trinajstić information content (AvgIpc) is 1.99. The van der Waals surface area contributed by atoms with Crippen LogP contribution in [0, 0.1) is 5.82 Å². The Morgan fingerprint density at radius 2 is 2.15 bits per heavy atom. The van der Waals surface area contributed by atoms with E-state index in [1.165, 1.54) is 6.07 Å². The van der Waals surface area contributed by atoms with Crippen molar-refractivity contribution < 1.29 is 4.39 Å². The molecule has 1 aromatic rings. The molecule has 0 aliphatic heterocycles. The molecule has 0 unspecified atom stereocenters. The Balaban J connectivity index is 3.01. The molecule has 0 radical (unpaired) electrons. The Bertz CT molecular complexity index is 315. The summed E-state index contributed by atoms with van der Waals surface area (Å²) in [6.07, 6.45) is 0.486. The van der Waals surface area contributed by atoms with E-state index in [0.717, 1.165) is 0 Å². The van der Waals surface area contributed by atoms with Crippen molar-refractivity contribution in [2.75, 3.05) is 0 Å². The van der Waals surface area contributed by atoms with E-state index < -0.39 is 5.82 Å². The van der Waals surface area contributed by atoms with E-state index in [9.17, 15) is 4.39 Å². The number of hydrogen-bond donors (Lipinski definition) is 1. The Kier molecular flexibility index (Phi) is 3.47. The van der Waals surface area contributed by atoms with Crippen LogP contribution in [0.2, 0.25) is 10.3 Å². The SMILES string of the molecule is C[C@@H](N)Cc1cc(F)c(Cl)nc1Cl. The summed E-state index contributed by atoms with van der Waals surface area (Å²) in [5.74, 6) is -0.568. The molecule has 2 nitrogen and oxygen atoms in total. The first-order valence-electron chi connectivity index (χ1n) is 3.76. The lowest BCUT2D eigenvalue weighted by molar-refractivity contribution is 0.616. The fourth-order valence-electron chi connectivity index (χ4n) is 0.973. The molecule has 1 rings (SSSR count). The van der Waals surface area contributed by atoms with E-state index in [-0.39, 0.29) is 16.3 Å². The van der Waals surface area contributed by atoms with Crippen LogP contribution < -0.4 is 5.73 Å². The predicted molar refractivity (Wildman–Crippen MR) is 51.6 cm³/mol. The van der Waals surface area contributed by atoms with Crippen molar-refractivity contribution in [3.8, 4) is 0 Å². The molecule has 1 aromatic heterocycles. The Labute approximate surface area is 85.9 Å². The summed E-state index contributed by atoms with van der Waals surface area (Å²) >= 11 is 11.1. The molecule has 0 bridgehead atoms. The average molecular weight is 223 g/mol. The van der Waals surface area contributed by atoms with Crippen molar-refractivity contribution in [3.05, 3.63) is 27.8 Å². The second-order valence-corrected chi connectivity index (χ2v) is 3.61. The fourth-order valence-corrected chi connectivity index (χ4v) is 1.37. The summed E-state index contributed by atoms with van der Waals surface area (Å²) in [6.45, 7) is 1.81. The summed E-state index contributed by atoms with van der Waals surface area (Å²) in [5.41, 5.74) is 6.12. The van der Waals surface area contributed by atoms with E-state index in [2.05, 4.69) is 4.98 Å².